The van der Waals surface area contributed by atoms with E-state index in [2.05, 4.69) is 17.4 Å². The summed E-state index contributed by atoms with van der Waals surface area (Å²) in [6, 6.07) is 10.3. The topological polar surface area (TPSA) is 70.9 Å². The van der Waals surface area contributed by atoms with E-state index in [9.17, 15) is 13.2 Å². The summed E-state index contributed by atoms with van der Waals surface area (Å²) in [4.78, 5) is 13.8. The number of amides is 1. The van der Waals surface area contributed by atoms with Crippen molar-refractivity contribution in [2.75, 3.05) is 38.0 Å². The van der Waals surface area contributed by atoms with Gasteiger partial charge in [-0.1, -0.05) is 29.3 Å². The van der Waals surface area contributed by atoms with Gasteiger partial charge in [0.2, 0.25) is 10.0 Å². The van der Waals surface area contributed by atoms with E-state index < -0.39 is 10.0 Å². The first-order chi connectivity index (χ1) is 13.7. The third kappa shape index (κ3) is 5.17. The van der Waals surface area contributed by atoms with Crippen LogP contribution in [0.4, 0.5) is 5.69 Å². The molecule has 8 heteroatoms. The van der Waals surface area contributed by atoms with Gasteiger partial charge in [-0.15, -0.1) is 0 Å². The molecule has 0 saturated carbocycles. The highest BCUT2D eigenvalue weighted by Crippen LogP contribution is 2.22. The fraction of sp³-hybridized carbons (Fsp3) is 0.381. The summed E-state index contributed by atoms with van der Waals surface area (Å²) < 4.78 is 27.0. The third-order valence-corrected chi connectivity index (χ3v) is 7.40. The van der Waals surface area contributed by atoms with E-state index in [1.165, 1.54) is 22.0 Å². The van der Waals surface area contributed by atoms with Crippen molar-refractivity contribution in [2.45, 2.75) is 25.7 Å². The minimum Gasteiger partial charge on any atom is -0.325 e. The molecule has 1 saturated heterocycles. The number of piperazine rings is 1. The van der Waals surface area contributed by atoms with Crippen molar-refractivity contribution in [3.8, 4) is 0 Å². The Labute approximate surface area is 177 Å². The number of halogens is 1. The van der Waals surface area contributed by atoms with Gasteiger partial charge >= 0.3 is 0 Å². The third-order valence-electron chi connectivity index (χ3n) is 5.23. The van der Waals surface area contributed by atoms with Crippen LogP contribution in [0.1, 0.15) is 16.7 Å². The number of nitrogens with zero attached hydrogens (tertiary/aromatic N) is 1. The maximum Gasteiger partial charge on any atom is 0.279 e. The maximum atomic E-state index is 12.8. The Morgan fingerprint density at radius 3 is 2.17 bits per heavy atom. The van der Waals surface area contributed by atoms with Crippen LogP contribution >= 0.6 is 11.6 Å². The number of hydrogen-bond acceptors (Lipinski definition) is 3. The summed E-state index contributed by atoms with van der Waals surface area (Å²) >= 11 is 5.85. The predicted molar refractivity (Wildman–Crippen MR) is 115 cm³/mol. The Bertz CT molecular complexity index is 975. The zero-order valence-corrected chi connectivity index (χ0v) is 18.5. The van der Waals surface area contributed by atoms with Gasteiger partial charge in [0, 0.05) is 10.7 Å². The van der Waals surface area contributed by atoms with Gasteiger partial charge < -0.3 is 10.2 Å². The van der Waals surface area contributed by atoms with E-state index in [0.29, 0.717) is 37.7 Å². The lowest BCUT2D eigenvalue weighted by molar-refractivity contribution is -0.895. The molecule has 156 valence electrons. The Hall–Kier alpha value is -1.93. The Morgan fingerprint density at radius 2 is 1.62 bits per heavy atom. The van der Waals surface area contributed by atoms with E-state index >= 15 is 0 Å². The van der Waals surface area contributed by atoms with Gasteiger partial charge in [0.15, 0.2) is 6.54 Å². The SMILES string of the molecule is Cc1cc(C)c(NC(=O)C[NH+]2CCN(S(=O)(=O)c3ccc(Cl)cc3)CC2)c(C)c1. The quantitative estimate of drug-likeness (QED) is 0.750. The minimum atomic E-state index is -3.53. The highest BCUT2D eigenvalue weighted by molar-refractivity contribution is 7.89. The molecule has 0 radical (unpaired) electrons. The average molecular weight is 437 g/mol. The molecule has 1 aliphatic heterocycles. The summed E-state index contributed by atoms with van der Waals surface area (Å²) in [5, 5.41) is 3.52. The first-order valence-corrected chi connectivity index (χ1v) is 11.5. The molecule has 29 heavy (non-hydrogen) atoms. The molecule has 2 N–H and O–H groups in total. The summed E-state index contributed by atoms with van der Waals surface area (Å²) in [5.41, 5.74) is 4.13. The number of carbonyl (C=O) groups is 1. The molecule has 0 unspecified atom stereocenters. The lowest BCUT2D eigenvalue weighted by atomic mass is 10.1. The Balaban J connectivity index is 1.57. The van der Waals surface area contributed by atoms with Crippen molar-refractivity contribution in [1.29, 1.82) is 0 Å². The maximum absolute atomic E-state index is 12.8. The first-order valence-electron chi connectivity index (χ1n) is 9.64. The van der Waals surface area contributed by atoms with Gasteiger partial charge in [-0.3, -0.25) is 4.79 Å². The van der Waals surface area contributed by atoms with E-state index in [-0.39, 0.29) is 10.8 Å². The number of hydrogen-bond donors (Lipinski definition) is 2. The van der Waals surface area contributed by atoms with E-state index in [1.54, 1.807) is 12.1 Å². The minimum absolute atomic E-state index is 0.0518. The van der Waals surface area contributed by atoms with Crippen LogP contribution in [0, 0.1) is 20.8 Å². The van der Waals surface area contributed by atoms with Crippen molar-refractivity contribution in [1.82, 2.24) is 4.31 Å². The Morgan fingerprint density at radius 1 is 1.07 bits per heavy atom. The molecule has 6 nitrogen and oxygen atoms in total. The molecule has 3 rings (SSSR count). The normalized spacial score (nSPS) is 16.0. The summed E-state index contributed by atoms with van der Waals surface area (Å²) in [6.07, 6.45) is 0. The van der Waals surface area contributed by atoms with Gasteiger partial charge in [0.25, 0.3) is 5.91 Å². The molecule has 0 spiro atoms. The molecule has 0 bridgehead atoms. The fourth-order valence-corrected chi connectivity index (χ4v) is 5.33. The van der Waals surface area contributed by atoms with Gasteiger partial charge in [0.1, 0.15) is 0 Å². The molecule has 2 aromatic rings. The largest absolute Gasteiger partial charge is 0.325 e. The second-order valence-corrected chi connectivity index (χ2v) is 9.98. The van der Waals surface area contributed by atoms with Crippen LogP contribution in [0.5, 0.6) is 0 Å². The number of rotatable bonds is 5. The predicted octanol–water partition coefficient (Wildman–Crippen LogP) is 1.79. The number of sulfonamides is 1. The lowest BCUT2D eigenvalue weighted by Gasteiger charge is -2.31. The molecular formula is C21H27ClN3O3S+. The van der Waals surface area contributed by atoms with Crippen molar-refractivity contribution < 1.29 is 18.1 Å². The molecule has 2 aromatic carbocycles. The molecule has 0 atom stereocenters. The van der Waals surface area contributed by atoms with Crippen LogP contribution in [-0.2, 0) is 14.8 Å². The van der Waals surface area contributed by atoms with Crippen LogP contribution in [0.2, 0.25) is 5.02 Å². The molecule has 0 aliphatic carbocycles. The van der Waals surface area contributed by atoms with Crippen molar-refractivity contribution in [3.63, 3.8) is 0 Å². The number of anilines is 1. The lowest BCUT2D eigenvalue weighted by Crippen LogP contribution is -3.15. The smallest absolute Gasteiger partial charge is 0.279 e. The van der Waals surface area contributed by atoms with E-state index in [1.807, 2.05) is 20.8 Å². The first kappa shape index (κ1) is 21.8. The van der Waals surface area contributed by atoms with Gasteiger partial charge in [-0.2, -0.15) is 4.31 Å². The summed E-state index contributed by atoms with van der Waals surface area (Å²) in [7, 11) is -3.53. The Kier molecular flexibility index (Phi) is 6.63. The molecular weight excluding hydrogens is 410 g/mol. The molecule has 1 amide bonds. The van der Waals surface area contributed by atoms with Crippen LogP contribution in [0.25, 0.3) is 0 Å². The molecule has 1 aliphatic rings. The summed E-state index contributed by atoms with van der Waals surface area (Å²) in [6.45, 7) is 8.28. The van der Waals surface area contributed by atoms with Crippen LogP contribution in [0.3, 0.4) is 0 Å². The second kappa shape index (κ2) is 8.83. The van der Waals surface area contributed by atoms with Gasteiger partial charge in [-0.25, -0.2) is 8.42 Å². The monoisotopic (exact) mass is 436 g/mol. The molecule has 1 fully saturated rings. The molecule has 0 aromatic heterocycles. The van der Waals surface area contributed by atoms with Crippen LogP contribution in [-0.4, -0.2) is 51.4 Å². The van der Waals surface area contributed by atoms with Gasteiger partial charge in [-0.05, 0) is 56.2 Å². The fourth-order valence-electron chi connectivity index (χ4n) is 3.76. The highest BCUT2D eigenvalue weighted by atomic mass is 35.5. The number of benzene rings is 2. The van der Waals surface area contributed by atoms with E-state index in [0.717, 1.165) is 21.7 Å². The number of carbonyl (C=O) groups excluding carboxylic acids is 1. The number of aryl methyl sites for hydroxylation is 3. The zero-order valence-electron chi connectivity index (χ0n) is 17.0. The van der Waals surface area contributed by atoms with Crippen molar-refractivity contribution >= 4 is 33.2 Å². The standard InChI is InChI=1S/C21H26ClN3O3S/c1-15-12-16(2)21(17(3)13-15)23-20(26)14-24-8-10-25(11-9-24)29(27,28)19-6-4-18(22)5-7-19/h4-7,12-13H,8-11,14H2,1-3H3,(H,23,26)/p+1. The second-order valence-electron chi connectivity index (χ2n) is 7.61. The number of quaternary nitrogens is 1. The zero-order chi connectivity index (χ0) is 21.2. The highest BCUT2D eigenvalue weighted by Gasteiger charge is 2.31. The van der Waals surface area contributed by atoms with Gasteiger partial charge in [0.05, 0.1) is 31.1 Å². The van der Waals surface area contributed by atoms with Crippen LogP contribution in [0.15, 0.2) is 41.3 Å². The molecule has 1 heterocycles. The average Bonchev–Trinajstić information content (AvgIpc) is 2.65. The summed E-state index contributed by atoms with van der Waals surface area (Å²) in [5.74, 6) is -0.0518. The number of nitrogens with one attached hydrogen (secondary N) is 2. The van der Waals surface area contributed by atoms with E-state index in [4.69, 9.17) is 11.6 Å². The van der Waals surface area contributed by atoms with Crippen molar-refractivity contribution in [2.24, 2.45) is 0 Å². The van der Waals surface area contributed by atoms with Crippen molar-refractivity contribution in [3.05, 3.63) is 58.1 Å². The van der Waals surface area contributed by atoms with Crippen LogP contribution < -0.4 is 10.2 Å².